The Morgan fingerprint density at radius 1 is 0.275 bits per heavy atom. The van der Waals surface area contributed by atoms with E-state index in [9.17, 15) is 0 Å². The van der Waals surface area contributed by atoms with Gasteiger partial charge in [0.05, 0.1) is 0 Å². The highest BCUT2D eigenvalue weighted by atomic mass is 15.1. The van der Waals surface area contributed by atoms with Gasteiger partial charge in [0.25, 0.3) is 0 Å². The predicted octanol–water partition coefficient (Wildman–Crippen LogP) is 13.3. The number of anilines is 3. The van der Waals surface area contributed by atoms with Gasteiger partial charge in [0.1, 0.15) is 0 Å². The van der Waals surface area contributed by atoms with Gasteiger partial charge in [-0.25, -0.2) is 0 Å². The third-order valence-corrected chi connectivity index (χ3v) is 10.7. The molecule has 0 amide bonds. The summed E-state index contributed by atoms with van der Waals surface area (Å²) in [4.78, 5) is 2.40. The van der Waals surface area contributed by atoms with Crippen molar-refractivity contribution < 1.29 is 0 Å². The first-order valence-electron chi connectivity index (χ1n) is 17.8. The second kappa shape index (κ2) is 12.2. The lowest BCUT2D eigenvalue weighted by Crippen LogP contribution is -2.10. The van der Waals surface area contributed by atoms with Gasteiger partial charge in [0, 0.05) is 17.1 Å². The van der Waals surface area contributed by atoms with Gasteiger partial charge >= 0.3 is 0 Å². The minimum atomic E-state index is 0.951. The van der Waals surface area contributed by atoms with Crippen LogP contribution in [0.2, 0.25) is 0 Å². The summed E-state index contributed by atoms with van der Waals surface area (Å²) in [5.41, 5.74) is 22.1. The zero-order chi connectivity index (χ0) is 33.7. The van der Waals surface area contributed by atoms with Gasteiger partial charge in [-0.05, 0) is 127 Å². The highest BCUT2D eigenvalue weighted by Crippen LogP contribution is 2.50. The van der Waals surface area contributed by atoms with Crippen molar-refractivity contribution in [2.45, 2.75) is 12.8 Å². The van der Waals surface area contributed by atoms with Crippen LogP contribution in [-0.2, 0) is 12.8 Å². The summed E-state index contributed by atoms with van der Waals surface area (Å²) in [6.07, 6.45) is 1.97. The summed E-state index contributed by atoms with van der Waals surface area (Å²) in [7, 11) is 0. The highest BCUT2D eigenvalue weighted by Gasteiger charge is 2.29. The Kier molecular flexibility index (Phi) is 7.03. The van der Waals surface area contributed by atoms with Crippen molar-refractivity contribution >= 4 is 17.1 Å². The van der Waals surface area contributed by atoms with E-state index in [1.807, 2.05) is 0 Å². The monoisotopic (exact) mass is 649 g/mol. The molecule has 8 aromatic rings. The largest absolute Gasteiger partial charge is 0.310 e. The molecule has 0 aromatic heterocycles. The van der Waals surface area contributed by atoms with E-state index < -0.39 is 0 Å². The van der Waals surface area contributed by atoms with Gasteiger partial charge in [-0.3, -0.25) is 0 Å². The fourth-order valence-electron chi connectivity index (χ4n) is 8.21. The summed E-state index contributed by atoms with van der Waals surface area (Å²) in [6.45, 7) is 0. The van der Waals surface area contributed by atoms with Gasteiger partial charge in [0.15, 0.2) is 0 Å². The van der Waals surface area contributed by atoms with Crippen LogP contribution in [0.3, 0.4) is 0 Å². The standard InChI is InChI=1S/C50H35N/c1-3-9-34(10-4-1)36-15-17-37(18-16-36)39-23-27-45(28-24-39)51(44-25-21-38(22-26-44)35-11-5-2-6-12-35)46-29-30-48-43(33-46)32-42-20-19-41-31-40-13-7-8-14-47(40)49(41)50(42)48/h1-30,33H,31-32H2. The minimum absolute atomic E-state index is 0.951. The van der Waals surface area contributed by atoms with Crippen molar-refractivity contribution in [2.24, 2.45) is 0 Å². The average molecular weight is 650 g/mol. The number of hydrogen-bond donors (Lipinski definition) is 0. The van der Waals surface area contributed by atoms with Crippen molar-refractivity contribution in [3.8, 4) is 55.6 Å². The van der Waals surface area contributed by atoms with Crippen molar-refractivity contribution in [2.75, 3.05) is 4.90 Å². The van der Waals surface area contributed by atoms with Crippen LogP contribution in [0, 0.1) is 0 Å². The van der Waals surface area contributed by atoms with E-state index in [1.54, 1.807) is 0 Å². The lowest BCUT2D eigenvalue weighted by molar-refractivity contribution is 1.22. The third-order valence-electron chi connectivity index (χ3n) is 10.7. The SMILES string of the molecule is c1ccc(-c2ccc(-c3ccc(N(c4ccc(-c5ccccc5)cc4)c4ccc5c(c4)Cc4ccc6c(c4-5)-c4ccccc4C6)cc3)cc2)cc1. The number of rotatable bonds is 6. The van der Waals surface area contributed by atoms with E-state index in [0.717, 1.165) is 24.2 Å². The fraction of sp³-hybridized carbons (Fsp3) is 0.0400. The Hall–Kier alpha value is -6.44. The van der Waals surface area contributed by atoms with E-state index in [1.165, 1.54) is 83.6 Å². The summed E-state index contributed by atoms with van der Waals surface area (Å²) < 4.78 is 0. The molecule has 8 aromatic carbocycles. The molecule has 0 saturated heterocycles. The molecule has 10 rings (SSSR count). The molecule has 2 aliphatic rings. The summed E-state index contributed by atoms with van der Waals surface area (Å²) in [5.74, 6) is 0. The summed E-state index contributed by atoms with van der Waals surface area (Å²) in [5, 5.41) is 0. The maximum absolute atomic E-state index is 2.42. The Bertz CT molecular complexity index is 2530. The summed E-state index contributed by atoms with van der Waals surface area (Å²) >= 11 is 0. The second-order valence-electron chi connectivity index (χ2n) is 13.7. The summed E-state index contributed by atoms with van der Waals surface area (Å²) in [6, 6.07) is 68.8. The van der Waals surface area contributed by atoms with Crippen LogP contribution in [0.15, 0.2) is 188 Å². The van der Waals surface area contributed by atoms with E-state index in [0.29, 0.717) is 0 Å². The third kappa shape index (κ3) is 5.18. The Balaban J connectivity index is 1.03. The molecule has 0 aliphatic heterocycles. The topological polar surface area (TPSA) is 3.24 Å². The quantitative estimate of drug-likeness (QED) is 0.173. The Labute approximate surface area is 299 Å². The van der Waals surface area contributed by atoms with Crippen LogP contribution in [0.5, 0.6) is 0 Å². The normalized spacial score (nSPS) is 12.2. The number of nitrogens with zero attached hydrogens (tertiary/aromatic N) is 1. The van der Waals surface area contributed by atoms with Crippen LogP contribution in [-0.4, -0.2) is 0 Å². The smallest absolute Gasteiger partial charge is 0.0464 e. The molecule has 0 spiro atoms. The fourth-order valence-corrected chi connectivity index (χ4v) is 8.21. The zero-order valence-corrected chi connectivity index (χ0v) is 28.3. The predicted molar refractivity (Wildman–Crippen MR) is 214 cm³/mol. The van der Waals surface area contributed by atoms with Crippen molar-refractivity contribution in [3.05, 3.63) is 210 Å². The molecule has 0 heterocycles. The maximum atomic E-state index is 2.42. The molecule has 51 heavy (non-hydrogen) atoms. The minimum Gasteiger partial charge on any atom is -0.310 e. The van der Waals surface area contributed by atoms with Crippen molar-refractivity contribution in [3.63, 3.8) is 0 Å². The maximum Gasteiger partial charge on any atom is 0.0464 e. The highest BCUT2D eigenvalue weighted by molar-refractivity contribution is 5.96. The molecule has 0 N–H and O–H groups in total. The first-order chi connectivity index (χ1) is 25.3. The number of benzene rings is 8. The van der Waals surface area contributed by atoms with Crippen LogP contribution in [0.4, 0.5) is 17.1 Å². The van der Waals surface area contributed by atoms with Crippen molar-refractivity contribution in [1.29, 1.82) is 0 Å². The molecule has 0 atom stereocenters. The molecule has 0 saturated carbocycles. The first kappa shape index (κ1) is 29.5. The van der Waals surface area contributed by atoms with E-state index >= 15 is 0 Å². The van der Waals surface area contributed by atoms with Crippen LogP contribution in [0.25, 0.3) is 55.6 Å². The lowest BCUT2D eigenvalue weighted by Gasteiger charge is -2.26. The van der Waals surface area contributed by atoms with Crippen LogP contribution >= 0.6 is 0 Å². The van der Waals surface area contributed by atoms with E-state index in [2.05, 4.69) is 193 Å². The van der Waals surface area contributed by atoms with Gasteiger partial charge in [-0.1, -0.05) is 152 Å². The van der Waals surface area contributed by atoms with E-state index in [4.69, 9.17) is 0 Å². The van der Waals surface area contributed by atoms with Crippen molar-refractivity contribution in [1.82, 2.24) is 0 Å². The van der Waals surface area contributed by atoms with Crippen LogP contribution in [0.1, 0.15) is 22.3 Å². The number of fused-ring (bicyclic) bond motifs is 7. The van der Waals surface area contributed by atoms with Gasteiger partial charge in [0.2, 0.25) is 0 Å². The van der Waals surface area contributed by atoms with Crippen LogP contribution < -0.4 is 4.90 Å². The molecule has 0 fully saturated rings. The lowest BCUT2D eigenvalue weighted by atomic mass is 9.94. The zero-order valence-electron chi connectivity index (χ0n) is 28.3. The number of hydrogen-bond acceptors (Lipinski definition) is 1. The van der Waals surface area contributed by atoms with Gasteiger partial charge in [-0.2, -0.15) is 0 Å². The molecule has 240 valence electrons. The Morgan fingerprint density at radius 2 is 0.667 bits per heavy atom. The molecule has 1 heteroatoms. The molecular formula is C50H35N. The molecule has 0 radical (unpaired) electrons. The molecular weight excluding hydrogens is 615 g/mol. The molecule has 0 bridgehead atoms. The average Bonchev–Trinajstić information content (AvgIpc) is 3.77. The first-order valence-corrected chi connectivity index (χ1v) is 17.8. The molecule has 2 aliphatic carbocycles. The Morgan fingerprint density at radius 3 is 1.20 bits per heavy atom. The second-order valence-corrected chi connectivity index (χ2v) is 13.7. The molecule has 0 unspecified atom stereocenters. The van der Waals surface area contributed by atoms with E-state index in [-0.39, 0.29) is 0 Å². The molecule has 1 nitrogen and oxygen atoms in total. The van der Waals surface area contributed by atoms with Gasteiger partial charge in [-0.15, -0.1) is 0 Å². The van der Waals surface area contributed by atoms with Gasteiger partial charge < -0.3 is 4.90 Å².